The van der Waals surface area contributed by atoms with Gasteiger partial charge in [0.1, 0.15) is 0 Å². The summed E-state index contributed by atoms with van der Waals surface area (Å²) in [5.74, 6) is 0. The Morgan fingerprint density at radius 2 is 1.08 bits per heavy atom. The van der Waals surface area contributed by atoms with Gasteiger partial charge in [-0.15, -0.1) is 0 Å². The van der Waals surface area contributed by atoms with Gasteiger partial charge in [-0.25, -0.2) is 0 Å². The summed E-state index contributed by atoms with van der Waals surface area (Å²) < 4.78 is 0. The van der Waals surface area contributed by atoms with E-state index in [9.17, 15) is 0 Å². The molecule has 24 heavy (non-hydrogen) atoms. The second-order valence-corrected chi connectivity index (χ2v) is 6.98. The highest BCUT2D eigenvalue weighted by Gasteiger charge is 2.28. The molecule has 2 aliphatic rings. The Morgan fingerprint density at radius 3 is 1.92 bits per heavy atom. The highest BCUT2D eigenvalue weighted by atomic mass is 14.2. The van der Waals surface area contributed by atoms with E-state index in [-0.39, 0.29) is 0 Å². The van der Waals surface area contributed by atoms with E-state index < -0.39 is 0 Å². The quantitative estimate of drug-likeness (QED) is 0.374. The van der Waals surface area contributed by atoms with Crippen LogP contribution in [0.2, 0.25) is 0 Å². The summed E-state index contributed by atoms with van der Waals surface area (Å²) in [7, 11) is 2.16. The molecule has 108 valence electrons. The normalized spacial score (nSPS) is 12.8. The third-order valence-corrected chi connectivity index (χ3v) is 5.73. The van der Waals surface area contributed by atoms with Crippen molar-refractivity contribution >= 4 is 47.2 Å². The van der Waals surface area contributed by atoms with Crippen molar-refractivity contribution in [1.82, 2.24) is 0 Å². The van der Waals surface area contributed by atoms with Crippen molar-refractivity contribution in [1.29, 1.82) is 0 Å². The highest BCUT2D eigenvalue weighted by molar-refractivity contribution is 6.84. The van der Waals surface area contributed by atoms with Crippen LogP contribution in [-0.4, -0.2) is 14.6 Å². The molecular formula is C22H14B2. The minimum atomic E-state index is 1.08. The van der Waals surface area contributed by atoms with Crippen molar-refractivity contribution in [3.8, 4) is 22.3 Å². The van der Waals surface area contributed by atoms with E-state index in [2.05, 4.69) is 72.8 Å². The molecule has 0 unspecified atom stereocenters. The molecule has 0 fully saturated rings. The lowest BCUT2D eigenvalue weighted by Crippen LogP contribution is -2.39. The molecule has 0 nitrogen and oxygen atoms in total. The van der Waals surface area contributed by atoms with Crippen LogP contribution >= 0.6 is 0 Å². The van der Waals surface area contributed by atoms with E-state index in [1.54, 1.807) is 10.9 Å². The fourth-order valence-electron chi connectivity index (χ4n) is 4.60. The molecule has 4 aromatic rings. The van der Waals surface area contributed by atoms with E-state index in [4.69, 9.17) is 0 Å². The fraction of sp³-hybridized carbons (Fsp3) is 0. The molecule has 2 heteroatoms. The summed E-state index contributed by atoms with van der Waals surface area (Å²) in [6.07, 6.45) is 0. The van der Waals surface area contributed by atoms with Crippen LogP contribution in [0.3, 0.4) is 0 Å². The van der Waals surface area contributed by atoms with Crippen molar-refractivity contribution in [2.75, 3.05) is 0 Å². The standard InChI is InChI=1S/C22H14B2/c1-2-6-14-12-20-18(11-13(14)5-1)17-10-9-16-15-7-3-4-8-19(15)23-21(16)22(17)24-20/h1-12,23-24H. The monoisotopic (exact) mass is 300 g/mol. The summed E-state index contributed by atoms with van der Waals surface area (Å²) >= 11 is 0. The Morgan fingerprint density at radius 1 is 0.458 bits per heavy atom. The molecule has 2 heterocycles. The predicted molar refractivity (Wildman–Crippen MR) is 108 cm³/mol. The SMILES string of the molecule is B1c2ccccc2-c2ccc3c(c21)Bc1cc2ccccc2cc1-3. The average molecular weight is 300 g/mol. The van der Waals surface area contributed by atoms with Gasteiger partial charge in [0.25, 0.3) is 0 Å². The maximum atomic E-state index is 2.39. The first-order chi connectivity index (χ1) is 11.9. The molecule has 0 bridgehead atoms. The zero-order chi connectivity index (χ0) is 15.7. The first kappa shape index (κ1) is 12.7. The third kappa shape index (κ3) is 1.56. The average Bonchev–Trinajstić information content (AvgIpc) is 3.17. The van der Waals surface area contributed by atoms with Gasteiger partial charge in [0.15, 0.2) is 14.6 Å². The Bertz CT molecular complexity index is 1160. The second kappa shape index (κ2) is 4.42. The molecule has 0 saturated heterocycles. The van der Waals surface area contributed by atoms with Gasteiger partial charge >= 0.3 is 0 Å². The van der Waals surface area contributed by atoms with Crippen LogP contribution in [-0.2, 0) is 0 Å². The number of hydrogen-bond donors (Lipinski definition) is 0. The predicted octanol–water partition coefficient (Wildman–Crippen LogP) is 1.58. The van der Waals surface area contributed by atoms with Gasteiger partial charge in [-0.1, -0.05) is 88.6 Å². The minimum absolute atomic E-state index is 1.08. The van der Waals surface area contributed by atoms with E-state index in [0.717, 1.165) is 14.6 Å². The molecule has 0 aliphatic carbocycles. The van der Waals surface area contributed by atoms with Crippen LogP contribution in [0.4, 0.5) is 0 Å². The summed E-state index contributed by atoms with van der Waals surface area (Å²) in [5, 5.41) is 2.69. The van der Waals surface area contributed by atoms with Gasteiger partial charge in [-0.05, 0) is 39.1 Å². The van der Waals surface area contributed by atoms with E-state index in [0.29, 0.717) is 0 Å². The topological polar surface area (TPSA) is 0 Å². The van der Waals surface area contributed by atoms with E-state index in [1.807, 2.05) is 0 Å². The second-order valence-electron chi connectivity index (χ2n) is 6.98. The zero-order valence-electron chi connectivity index (χ0n) is 13.3. The van der Waals surface area contributed by atoms with Gasteiger partial charge in [0.2, 0.25) is 0 Å². The summed E-state index contributed by atoms with van der Waals surface area (Å²) in [5.41, 5.74) is 11.8. The first-order valence-electron chi connectivity index (χ1n) is 8.63. The zero-order valence-corrected chi connectivity index (χ0v) is 13.3. The van der Waals surface area contributed by atoms with Crippen LogP contribution in [0, 0.1) is 0 Å². The van der Waals surface area contributed by atoms with Gasteiger partial charge < -0.3 is 0 Å². The Kier molecular flexibility index (Phi) is 2.33. The summed E-state index contributed by atoms with van der Waals surface area (Å²) in [6.45, 7) is 0. The highest BCUT2D eigenvalue weighted by Crippen LogP contribution is 2.28. The molecular weight excluding hydrogens is 286 g/mol. The largest absolute Gasteiger partial charge is 0.193 e. The van der Waals surface area contributed by atoms with Crippen LogP contribution < -0.4 is 21.9 Å². The first-order valence-corrected chi connectivity index (χ1v) is 8.63. The lowest BCUT2D eigenvalue weighted by molar-refractivity contribution is 1.71. The number of benzene rings is 4. The molecule has 0 amide bonds. The third-order valence-electron chi connectivity index (χ3n) is 5.73. The molecule has 0 N–H and O–H groups in total. The lowest BCUT2D eigenvalue weighted by atomic mass is 9.57. The molecule has 2 aliphatic heterocycles. The molecule has 0 atom stereocenters. The Balaban J connectivity index is 1.60. The molecule has 0 aromatic heterocycles. The van der Waals surface area contributed by atoms with Crippen molar-refractivity contribution in [2.24, 2.45) is 0 Å². The molecule has 0 saturated carbocycles. The van der Waals surface area contributed by atoms with Crippen molar-refractivity contribution in [2.45, 2.75) is 0 Å². The maximum absolute atomic E-state index is 2.39. The van der Waals surface area contributed by atoms with Gasteiger partial charge in [-0.3, -0.25) is 0 Å². The number of fused-ring (bicyclic) bond motifs is 8. The molecule has 4 aromatic carbocycles. The number of rotatable bonds is 0. The van der Waals surface area contributed by atoms with Gasteiger partial charge in [0, 0.05) is 0 Å². The van der Waals surface area contributed by atoms with E-state index in [1.165, 1.54) is 44.0 Å². The lowest BCUT2D eigenvalue weighted by Gasteiger charge is -2.09. The van der Waals surface area contributed by atoms with Gasteiger partial charge in [0.05, 0.1) is 0 Å². The van der Waals surface area contributed by atoms with Crippen LogP contribution in [0.25, 0.3) is 33.0 Å². The summed E-state index contributed by atoms with van der Waals surface area (Å²) in [4.78, 5) is 0. The summed E-state index contributed by atoms with van der Waals surface area (Å²) in [6, 6.07) is 27.0. The smallest absolute Gasteiger partial charge is 0.0756 e. The van der Waals surface area contributed by atoms with E-state index >= 15 is 0 Å². The van der Waals surface area contributed by atoms with Crippen molar-refractivity contribution in [3.63, 3.8) is 0 Å². The molecule has 0 radical (unpaired) electrons. The van der Waals surface area contributed by atoms with Gasteiger partial charge in [-0.2, -0.15) is 0 Å². The fourth-order valence-corrected chi connectivity index (χ4v) is 4.60. The van der Waals surface area contributed by atoms with Crippen molar-refractivity contribution < 1.29 is 0 Å². The molecule has 0 spiro atoms. The van der Waals surface area contributed by atoms with Crippen LogP contribution in [0.15, 0.2) is 72.8 Å². The number of hydrogen-bond acceptors (Lipinski definition) is 0. The van der Waals surface area contributed by atoms with Crippen molar-refractivity contribution in [3.05, 3.63) is 72.8 Å². The molecule has 6 rings (SSSR count). The van der Waals surface area contributed by atoms with Crippen LogP contribution in [0.1, 0.15) is 0 Å². The Labute approximate surface area is 142 Å². The Hall–Kier alpha value is -2.73. The minimum Gasteiger partial charge on any atom is -0.0756 e. The van der Waals surface area contributed by atoms with Crippen LogP contribution in [0.5, 0.6) is 0 Å². The maximum Gasteiger partial charge on any atom is 0.193 e.